The Kier molecular flexibility index (Phi) is 6.46. The van der Waals surface area contributed by atoms with E-state index in [4.69, 9.17) is 9.47 Å². The summed E-state index contributed by atoms with van der Waals surface area (Å²) in [6.07, 6.45) is 0.508. The van der Waals surface area contributed by atoms with Crippen LogP contribution >= 0.6 is 0 Å². The van der Waals surface area contributed by atoms with E-state index in [1.165, 1.54) is 11.6 Å². The Bertz CT molecular complexity index is 1330. The fraction of sp³-hybridized carbons (Fsp3) is 0.267. The average molecular weight is 488 g/mol. The maximum Gasteiger partial charge on any atom is 0.176 e. The van der Waals surface area contributed by atoms with Gasteiger partial charge in [-0.25, -0.2) is 4.39 Å². The van der Waals surface area contributed by atoms with Crippen molar-refractivity contribution in [3.8, 4) is 23.0 Å². The first kappa shape index (κ1) is 23.9. The predicted octanol–water partition coefficient (Wildman–Crippen LogP) is 6.33. The first-order valence-electron chi connectivity index (χ1n) is 12.1. The van der Waals surface area contributed by atoms with Gasteiger partial charge in [0.2, 0.25) is 0 Å². The second-order valence-electron chi connectivity index (χ2n) is 9.56. The molecular formula is C30H30FNO4. The van der Waals surface area contributed by atoms with Crippen LogP contribution in [0.25, 0.3) is 11.1 Å². The zero-order valence-corrected chi connectivity index (χ0v) is 20.5. The molecule has 2 heterocycles. The Balaban J connectivity index is 1.44. The lowest BCUT2D eigenvalue weighted by atomic mass is 9.86. The van der Waals surface area contributed by atoms with E-state index in [-0.39, 0.29) is 17.4 Å². The van der Waals surface area contributed by atoms with Gasteiger partial charge in [-0.2, -0.15) is 0 Å². The molecule has 3 aromatic rings. The Labute approximate surface area is 210 Å². The number of hydrogen-bond acceptors (Lipinski definition) is 5. The van der Waals surface area contributed by atoms with Crippen LogP contribution < -0.4 is 9.47 Å². The SMILES string of the molecule is C=C1CCN([C@@H](C)COc2ccc(C3Oc4ccc(O)c(F)c4C(C)=C3c3cccc(O)c3)cc2)C1. The van der Waals surface area contributed by atoms with Gasteiger partial charge in [0.05, 0.1) is 5.56 Å². The number of phenols is 2. The molecule has 0 aromatic heterocycles. The van der Waals surface area contributed by atoms with Crippen LogP contribution in [0.2, 0.25) is 0 Å². The van der Waals surface area contributed by atoms with Crippen molar-refractivity contribution in [2.24, 2.45) is 0 Å². The highest BCUT2D eigenvalue weighted by molar-refractivity contribution is 5.96. The topological polar surface area (TPSA) is 62.2 Å². The molecule has 36 heavy (non-hydrogen) atoms. The van der Waals surface area contributed by atoms with Crippen molar-refractivity contribution >= 4 is 11.1 Å². The van der Waals surface area contributed by atoms with Gasteiger partial charge in [-0.1, -0.05) is 36.4 Å². The van der Waals surface area contributed by atoms with Crippen molar-refractivity contribution < 1.29 is 24.1 Å². The van der Waals surface area contributed by atoms with E-state index < -0.39 is 17.7 Å². The number of phenolic OH excluding ortho intramolecular Hbond substituents is 2. The summed E-state index contributed by atoms with van der Waals surface area (Å²) in [6, 6.07) is 17.7. The predicted molar refractivity (Wildman–Crippen MR) is 139 cm³/mol. The number of nitrogens with zero attached hydrogens (tertiary/aromatic N) is 1. The summed E-state index contributed by atoms with van der Waals surface area (Å²) in [4.78, 5) is 2.37. The summed E-state index contributed by atoms with van der Waals surface area (Å²) >= 11 is 0. The molecule has 2 atom stereocenters. The Morgan fingerprint density at radius 2 is 1.92 bits per heavy atom. The van der Waals surface area contributed by atoms with Gasteiger partial charge >= 0.3 is 0 Å². The van der Waals surface area contributed by atoms with Gasteiger partial charge in [-0.3, -0.25) is 4.90 Å². The minimum absolute atomic E-state index is 0.105. The van der Waals surface area contributed by atoms with Crippen LogP contribution in [-0.2, 0) is 0 Å². The first-order chi connectivity index (χ1) is 17.3. The molecule has 1 saturated heterocycles. The molecular weight excluding hydrogens is 457 g/mol. The van der Waals surface area contributed by atoms with Crippen LogP contribution in [0.1, 0.15) is 43.1 Å². The van der Waals surface area contributed by atoms with E-state index >= 15 is 0 Å². The van der Waals surface area contributed by atoms with Crippen molar-refractivity contribution in [3.63, 3.8) is 0 Å². The van der Waals surface area contributed by atoms with E-state index in [1.54, 1.807) is 24.3 Å². The Morgan fingerprint density at radius 3 is 2.61 bits per heavy atom. The van der Waals surface area contributed by atoms with Crippen molar-refractivity contribution in [2.75, 3.05) is 19.7 Å². The Hall–Kier alpha value is -3.77. The van der Waals surface area contributed by atoms with Crippen molar-refractivity contribution in [1.82, 2.24) is 4.90 Å². The molecule has 186 valence electrons. The minimum Gasteiger partial charge on any atom is -0.508 e. The molecule has 2 aliphatic rings. The molecule has 0 radical (unpaired) electrons. The highest BCUT2D eigenvalue weighted by Gasteiger charge is 2.32. The number of hydrogen-bond donors (Lipinski definition) is 2. The largest absolute Gasteiger partial charge is 0.508 e. The van der Waals surface area contributed by atoms with Gasteiger partial charge in [0.1, 0.15) is 30.0 Å². The van der Waals surface area contributed by atoms with E-state index in [1.807, 2.05) is 37.3 Å². The molecule has 0 saturated carbocycles. The van der Waals surface area contributed by atoms with E-state index in [0.717, 1.165) is 36.4 Å². The maximum atomic E-state index is 14.9. The number of halogens is 1. The zero-order valence-electron chi connectivity index (χ0n) is 20.5. The third-order valence-corrected chi connectivity index (χ3v) is 7.00. The van der Waals surface area contributed by atoms with Crippen LogP contribution in [0.3, 0.4) is 0 Å². The van der Waals surface area contributed by atoms with Crippen LogP contribution in [0.4, 0.5) is 4.39 Å². The quantitative estimate of drug-likeness (QED) is 0.398. The summed E-state index contributed by atoms with van der Waals surface area (Å²) in [5.74, 6) is 0.0709. The molecule has 2 N–H and O–H groups in total. The lowest BCUT2D eigenvalue weighted by Crippen LogP contribution is -2.34. The van der Waals surface area contributed by atoms with Crippen LogP contribution in [0.5, 0.6) is 23.0 Å². The van der Waals surface area contributed by atoms with Crippen molar-refractivity contribution in [2.45, 2.75) is 32.4 Å². The van der Waals surface area contributed by atoms with Crippen LogP contribution in [-0.4, -0.2) is 40.9 Å². The van der Waals surface area contributed by atoms with Gasteiger partial charge in [0, 0.05) is 24.7 Å². The molecule has 5 nitrogen and oxygen atoms in total. The monoisotopic (exact) mass is 487 g/mol. The number of fused-ring (bicyclic) bond motifs is 1. The summed E-state index contributed by atoms with van der Waals surface area (Å²) in [7, 11) is 0. The second-order valence-corrected chi connectivity index (χ2v) is 9.56. The smallest absolute Gasteiger partial charge is 0.176 e. The van der Waals surface area contributed by atoms with Gasteiger partial charge in [-0.15, -0.1) is 0 Å². The molecule has 5 rings (SSSR count). The van der Waals surface area contributed by atoms with Crippen LogP contribution in [0, 0.1) is 5.82 Å². The fourth-order valence-electron chi connectivity index (χ4n) is 4.97. The van der Waals surface area contributed by atoms with E-state index in [9.17, 15) is 14.6 Å². The molecule has 3 aromatic carbocycles. The minimum atomic E-state index is -0.722. The fourth-order valence-corrected chi connectivity index (χ4v) is 4.97. The number of aromatic hydroxyl groups is 2. The van der Waals surface area contributed by atoms with E-state index in [2.05, 4.69) is 18.4 Å². The first-order valence-corrected chi connectivity index (χ1v) is 12.1. The number of benzene rings is 3. The van der Waals surface area contributed by atoms with Crippen LogP contribution in [0.15, 0.2) is 72.8 Å². The lowest BCUT2D eigenvalue weighted by Gasteiger charge is -2.31. The number of likely N-dealkylation sites (tertiary alicyclic amines) is 1. The normalized spacial score (nSPS) is 18.6. The Morgan fingerprint density at radius 1 is 1.14 bits per heavy atom. The third kappa shape index (κ3) is 4.56. The summed E-state index contributed by atoms with van der Waals surface area (Å²) < 4.78 is 27.3. The van der Waals surface area contributed by atoms with Gasteiger partial charge < -0.3 is 19.7 Å². The highest BCUT2D eigenvalue weighted by atomic mass is 19.1. The van der Waals surface area contributed by atoms with Gasteiger partial charge in [0.15, 0.2) is 11.6 Å². The van der Waals surface area contributed by atoms with Gasteiger partial charge in [0.25, 0.3) is 0 Å². The highest BCUT2D eigenvalue weighted by Crippen LogP contribution is 2.49. The molecule has 0 spiro atoms. The summed E-state index contributed by atoms with van der Waals surface area (Å²) in [5.41, 5.74) is 4.43. The summed E-state index contributed by atoms with van der Waals surface area (Å²) in [6.45, 7) is 10.6. The zero-order chi connectivity index (χ0) is 25.4. The van der Waals surface area contributed by atoms with Crippen molar-refractivity contribution in [3.05, 3.63) is 95.3 Å². The van der Waals surface area contributed by atoms with Gasteiger partial charge in [-0.05, 0) is 73.4 Å². The van der Waals surface area contributed by atoms with Crippen molar-refractivity contribution in [1.29, 1.82) is 0 Å². The van der Waals surface area contributed by atoms with E-state index in [0.29, 0.717) is 23.5 Å². The third-order valence-electron chi connectivity index (χ3n) is 7.00. The average Bonchev–Trinajstić information content (AvgIpc) is 3.31. The number of allylic oxidation sites excluding steroid dienone is 1. The molecule has 6 heteroatoms. The number of ether oxygens (including phenoxy) is 2. The standard InChI is InChI=1S/C30H30FNO4/c1-18-13-14-32(16-18)19(2)17-35-24-9-7-21(8-10-24)30-27(22-5-4-6-23(33)15-22)20(3)28-26(36-30)12-11-25(34)29(28)31/h4-12,15,19,30,33-34H,1,13-14,16-17H2,2-3H3/t19-,30?/m0/s1. The second kappa shape index (κ2) is 9.70. The lowest BCUT2D eigenvalue weighted by molar-refractivity contribution is 0.175. The molecule has 0 bridgehead atoms. The molecule has 1 fully saturated rings. The maximum absolute atomic E-state index is 14.9. The molecule has 0 aliphatic carbocycles. The molecule has 2 aliphatic heterocycles. The number of rotatable bonds is 6. The molecule has 0 amide bonds. The summed E-state index contributed by atoms with van der Waals surface area (Å²) in [5, 5.41) is 20.1. The molecule has 1 unspecified atom stereocenters.